The molecule has 4 heteroatoms. The first-order chi connectivity index (χ1) is 8.14. The van der Waals surface area contributed by atoms with Crippen molar-refractivity contribution in [3.63, 3.8) is 0 Å². The van der Waals surface area contributed by atoms with Gasteiger partial charge in [-0.2, -0.15) is 0 Å². The monoisotopic (exact) mass is 253 g/mol. The fraction of sp³-hybridized carbons (Fsp3) is 0.538. The standard InChI is InChI=1S/C13H19NO2S/c14-10-2-1-3-11-4-6-12(7-5-11)17(15,16)13-8-9-13/h4-7,13H,1-3,8-10,14H2. The second-order valence-electron chi connectivity index (χ2n) is 4.63. The molecule has 1 aliphatic carbocycles. The van der Waals surface area contributed by atoms with E-state index in [2.05, 4.69) is 0 Å². The van der Waals surface area contributed by atoms with Crippen molar-refractivity contribution in [3.05, 3.63) is 29.8 Å². The second-order valence-corrected chi connectivity index (χ2v) is 6.86. The van der Waals surface area contributed by atoms with Gasteiger partial charge in [0.05, 0.1) is 10.1 Å². The van der Waals surface area contributed by atoms with Crippen molar-refractivity contribution in [3.8, 4) is 0 Å². The van der Waals surface area contributed by atoms with Crippen molar-refractivity contribution in [1.29, 1.82) is 0 Å². The largest absolute Gasteiger partial charge is 0.330 e. The number of aryl methyl sites for hydroxylation is 1. The quantitative estimate of drug-likeness (QED) is 0.788. The lowest BCUT2D eigenvalue weighted by molar-refractivity contribution is 0.594. The van der Waals surface area contributed by atoms with Gasteiger partial charge in [-0.15, -0.1) is 0 Å². The first kappa shape index (κ1) is 12.6. The van der Waals surface area contributed by atoms with Crippen LogP contribution in [-0.4, -0.2) is 20.2 Å². The lowest BCUT2D eigenvalue weighted by Crippen LogP contribution is -2.07. The van der Waals surface area contributed by atoms with E-state index in [-0.39, 0.29) is 5.25 Å². The van der Waals surface area contributed by atoms with Crippen LogP contribution in [0.1, 0.15) is 31.2 Å². The minimum Gasteiger partial charge on any atom is -0.330 e. The predicted octanol–water partition coefficient (Wildman–Crippen LogP) is 1.90. The van der Waals surface area contributed by atoms with E-state index in [4.69, 9.17) is 5.73 Å². The third kappa shape index (κ3) is 3.07. The molecular weight excluding hydrogens is 234 g/mol. The Labute approximate surface area is 103 Å². The smallest absolute Gasteiger partial charge is 0.181 e. The highest BCUT2D eigenvalue weighted by molar-refractivity contribution is 7.92. The minimum absolute atomic E-state index is 0.120. The van der Waals surface area contributed by atoms with Gasteiger partial charge < -0.3 is 5.73 Å². The van der Waals surface area contributed by atoms with Gasteiger partial charge in [0, 0.05) is 0 Å². The van der Waals surface area contributed by atoms with E-state index in [1.165, 1.54) is 5.56 Å². The summed E-state index contributed by atoms with van der Waals surface area (Å²) in [6.07, 6.45) is 4.69. The van der Waals surface area contributed by atoms with Gasteiger partial charge in [0.25, 0.3) is 0 Å². The SMILES string of the molecule is NCCCCc1ccc(S(=O)(=O)C2CC2)cc1. The first-order valence-corrected chi connectivity index (χ1v) is 7.72. The molecule has 0 saturated heterocycles. The van der Waals surface area contributed by atoms with E-state index in [1.807, 2.05) is 12.1 Å². The Bertz CT molecular complexity index is 461. The van der Waals surface area contributed by atoms with Gasteiger partial charge in [-0.1, -0.05) is 12.1 Å². The summed E-state index contributed by atoms with van der Waals surface area (Å²) in [6, 6.07) is 7.33. The molecule has 0 amide bonds. The van der Waals surface area contributed by atoms with Gasteiger partial charge in [0.2, 0.25) is 0 Å². The van der Waals surface area contributed by atoms with Crippen LogP contribution in [0.3, 0.4) is 0 Å². The van der Waals surface area contributed by atoms with Crippen LogP contribution in [-0.2, 0) is 16.3 Å². The lowest BCUT2D eigenvalue weighted by atomic mass is 10.1. The van der Waals surface area contributed by atoms with E-state index in [9.17, 15) is 8.42 Å². The average molecular weight is 253 g/mol. The molecular formula is C13H19NO2S. The first-order valence-electron chi connectivity index (χ1n) is 6.17. The van der Waals surface area contributed by atoms with Crippen LogP contribution < -0.4 is 5.73 Å². The Hall–Kier alpha value is -0.870. The number of nitrogens with two attached hydrogens (primary N) is 1. The molecule has 0 heterocycles. The van der Waals surface area contributed by atoms with Crippen molar-refractivity contribution in [2.75, 3.05) is 6.54 Å². The van der Waals surface area contributed by atoms with Crippen LogP contribution in [0.25, 0.3) is 0 Å². The maximum absolute atomic E-state index is 11.9. The maximum Gasteiger partial charge on any atom is 0.181 e. The summed E-state index contributed by atoms with van der Waals surface area (Å²) < 4.78 is 23.9. The number of hydrogen-bond donors (Lipinski definition) is 1. The lowest BCUT2D eigenvalue weighted by Gasteiger charge is -2.04. The zero-order valence-corrected chi connectivity index (χ0v) is 10.7. The second kappa shape index (κ2) is 5.19. The van der Waals surface area contributed by atoms with Gasteiger partial charge in [-0.25, -0.2) is 8.42 Å². The van der Waals surface area contributed by atoms with Gasteiger partial charge in [-0.05, 0) is 56.3 Å². The number of rotatable bonds is 6. The normalized spacial score (nSPS) is 16.1. The van der Waals surface area contributed by atoms with Crippen molar-refractivity contribution < 1.29 is 8.42 Å². The highest BCUT2D eigenvalue weighted by Crippen LogP contribution is 2.33. The molecule has 0 aromatic heterocycles. The van der Waals surface area contributed by atoms with Gasteiger partial charge in [0.15, 0.2) is 9.84 Å². The molecule has 1 aromatic carbocycles. The molecule has 0 unspecified atom stereocenters. The van der Waals surface area contributed by atoms with Gasteiger partial charge in [-0.3, -0.25) is 0 Å². The molecule has 0 aliphatic heterocycles. The average Bonchev–Trinajstić information content (AvgIpc) is 3.14. The summed E-state index contributed by atoms with van der Waals surface area (Å²) in [4.78, 5) is 0.475. The summed E-state index contributed by atoms with van der Waals surface area (Å²) in [7, 11) is -3.03. The summed E-state index contributed by atoms with van der Waals surface area (Å²) >= 11 is 0. The zero-order valence-electron chi connectivity index (χ0n) is 9.93. The Balaban J connectivity index is 2.02. The van der Waals surface area contributed by atoms with E-state index in [0.717, 1.165) is 32.1 Å². The highest BCUT2D eigenvalue weighted by Gasteiger charge is 2.36. The molecule has 2 rings (SSSR count). The number of hydrogen-bond acceptors (Lipinski definition) is 3. The Morgan fingerprint density at radius 3 is 2.29 bits per heavy atom. The molecule has 0 spiro atoms. The van der Waals surface area contributed by atoms with Crippen LogP contribution in [0, 0.1) is 0 Å². The van der Waals surface area contributed by atoms with Crippen molar-refractivity contribution in [2.24, 2.45) is 5.73 Å². The molecule has 3 nitrogen and oxygen atoms in total. The van der Waals surface area contributed by atoms with E-state index in [0.29, 0.717) is 11.4 Å². The Morgan fingerprint density at radius 1 is 1.12 bits per heavy atom. The van der Waals surface area contributed by atoms with E-state index >= 15 is 0 Å². The van der Waals surface area contributed by atoms with Crippen LogP contribution in [0.5, 0.6) is 0 Å². The van der Waals surface area contributed by atoms with Crippen molar-refractivity contribution in [2.45, 2.75) is 42.2 Å². The molecule has 0 atom stereocenters. The van der Waals surface area contributed by atoms with Crippen LogP contribution in [0.4, 0.5) is 0 Å². The molecule has 17 heavy (non-hydrogen) atoms. The molecule has 1 aromatic rings. The summed E-state index contributed by atoms with van der Waals surface area (Å²) in [5, 5.41) is -0.120. The summed E-state index contributed by atoms with van der Waals surface area (Å²) in [6.45, 7) is 0.716. The zero-order chi connectivity index (χ0) is 12.3. The van der Waals surface area contributed by atoms with Crippen LogP contribution >= 0.6 is 0 Å². The molecule has 1 saturated carbocycles. The predicted molar refractivity (Wildman–Crippen MR) is 68.6 cm³/mol. The molecule has 1 aliphatic rings. The van der Waals surface area contributed by atoms with Gasteiger partial charge >= 0.3 is 0 Å². The third-order valence-electron chi connectivity index (χ3n) is 3.13. The van der Waals surface area contributed by atoms with Crippen LogP contribution in [0.2, 0.25) is 0 Å². The highest BCUT2D eigenvalue weighted by atomic mass is 32.2. The molecule has 0 radical (unpaired) electrons. The van der Waals surface area contributed by atoms with Crippen LogP contribution in [0.15, 0.2) is 29.2 Å². The number of unbranched alkanes of at least 4 members (excludes halogenated alkanes) is 1. The van der Waals surface area contributed by atoms with Crippen molar-refractivity contribution in [1.82, 2.24) is 0 Å². The molecule has 2 N–H and O–H groups in total. The van der Waals surface area contributed by atoms with Gasteiger partial charge in [0.1, 0.15) is 0 Å². The topological polar surface area (TPSA) is 60.2 Å². The van der Waals surface area contributed by atoms with E-state index < -0.39 is 9.84 Å². The number of sulfone groups is 1. The van der Waals surface area contributed by atoms with E-state index in [1.54, 1.807) is 12.1 Å². The third-order valence-corrected chi connectivity index (χ3v) is 5.41. The van der Waals surface area contributed by atoms with Crippen molar-refractivity contribution >= 4 is 9.84 Å². The molecule has 1 fully saturated rings. The molecule has 94 valence electrons. The summed E-state index contributed by atoms with van der Waals surface area (Å²) in [5.41, 5.74) is 6.62. The fourth-order valence-electron chi connectivity index (χ4n) is 1.89. The molecule has 0 bridgehead atoms. The minimum atomic E-state index is -3.03. The summed E-state index contributed by atoms with van der Waals surface area (Å²) in [5.74, 6) is 0. The fourth-order valence-corrected chi connectivity index (χ4v) is 3.55. The Kier molecular flexibility index (Phi) is 3.84. The number of benzene rings is 1. The maximum atomic E-state index is 11.9. The Morgan fingerprint density at radius 2 is 1.76 bits per heavy atom.